The summed E-state index contributed by atoms with van der Waals surface area (Å²) in [5.41, 5.74) is -2.02. The predicted molar refractivity (Wildman–Crippen MR) is 140 cm³/mol. The highest BCUT2D eigenvalue weighted by atomic mass is 19.4. The lowest BCUT2D eigenvalue weighted by molar-refractivity contribution is -0.388. The summed E-state index contributed by atoms with van der Waals surface area (Å²) in [5.74, 6) is 1.30. The number of rotatable bonds is 8. The number of ether oxygens (including phenoxy) is 1. The van der Waals surface area contributed by atoms with E-state index in [9.17, 15) is 28.1 Å². The number of carbonyl (C=O) groups excluding carboxylic acids is 1. The van der Waals surface area contributed by atoms with Crippen molar-refractivity contribution in [2.75, 3.05) is 42.9 Å². The average molecular weight is 551 g/mol. The van der Waals surface area contributed by atoms with Gasteiger partial charge in [-0.15, -0.1) is 0 Å². The molecule has 0 unspecified atom stereocenters. The highest BCUT2D eigenvalue weighted by molar-refractivity contribution is 5.74. The van der Waals surface area contributed by atoms with Gasteiger partial charge in [0.1, 0.15) is 17.5 Å². The van der Waals surface area contributed by atoms with Crippen LogP contribution in [-0.2, 0) is 6.18 Å². The fraction of sp³-hybridized carbons (Fsp3) is 0.538. The Morgan fingerprint density at radius 1 is 1.13 bits per heavy atom. The topological polar surface area (TPSA) is 113 Å². The van der Waals surface area contributed by atoms with Crippen molar-refractivity contribution < 1.29 is 27.6 Å². The van der Waals surface area contributed by atoms with E-state index in [2.05, 4.69) is 20.5 Å². The van der Waals surface area contributed by atoms with Crippen molar-refractivity contribution in [2.24, 2.45) is 0 Å². The summed E-state index contributed by atoms with van der Waals surface area (Å²) >= 11 is 0. The van der Waals surface area contributed by atoms with Gasteiger partial charge in [-0.1, -0.05) is 13.0 Å². The van der Waals surface area contributed by atoms with Gasteiger partial charge >= 0.3 is 12.2 Å². The van der Waals surface area contributed by atoms with Crippen molar-refractivity contribution in [1.29, 1.82) is 0 Å². The molecular formula is C26H33F3N6O4. The highest BCUT2D eigenvalue weighted by Crippen LogP contribution is 2.38. The fourth-order valence-electron chi connectivity index (χ4n) is 4.87. The molecule has 2 aromatic rings. The fourth-order valence-corrected chi connectivity index (χ4v) is 4.87. The van der Waals surface area contributed by atoms with E-state index in [0.29, 0.717) is 64.3 Å². The standard InChI is InChI=1S/C26H33F3N6O4/c1-2-12-30-25(36)34-15-13-33(14-16-34)23-4-3-5-24(32-23)39-20-9-6-18(7-10-20)31-19-8-11-22(35(37)38)21(17-19)26(27,28)29/h3-5,8,11,17-18,20,31H,2,6-7,9-10,12-16H2,1H3,(H,30,36)/t18-,20-. The molecule has 1 saturated heterocycles. The first kappa shape index (κ1) is 28.2. The number of anilines is 2. The van der Waals surface area contributed by atoms with Gasteiger partial charge in [-0.3, -0.25) is 10.1 Å². The Hall–Kier alpha value is -3.77. The number of aromatic nitrogens is 1. The number of nitro benzene ring substituents is 1. The van der Waals surface area contributed by atoms with Crippen LogP contribution in [0.4, 0.5) is 35.2 Å². The molecule has 39 heavy (non-hydrogen) atoms. The van der Waals surface area contributed by atoms with Crippen molar-refractivity contribution in [1.82, 2.24) is 15.2 Å². The first-order valence-electron chi connectivity index (χ1n) is 13.2. The van der Waals surface area contributed by atoms with Gasteiger partial charge in [0, 0.05) is 56.6 Å². The minimum atomic E-state index is -4.82. The van der Waals surface area contributed by atoms with Gasteiger partial charge in [-0.2, -0.15) is 18.2 Å². The quantitative estimate of drug-likeness (QED) is 0.349. The summed E-state index contributed by atoms with van der Waals surface area (Å²) in [4.78, 5) is 30.7. The van der Waals surface area contributed by atoms with Crippen LogP contribution in [0.15, 0.2) is 36.4 Å². The zero-order valence-corrected chi connectivity index (χ0v) is 21.7. The third-order valence-corrected chi connectivity index (χ3v) is 6.96. The van der Waals surface area contributed by atoms with E-state index in [1.165, 1.54) is 6.07 Å². The monoisotopic (exact) mass is 550 g/mol. The minimum absolute atomic E-state index is 0.0407. The van der Waals surface area contributed by atoms with Crippen molar-refractivity contribution in [2.45, 2.75) is 57.3 Å². The maximum Gasteiger partial charge on any atom is 0.423 e. The molecule has 0 bridgehead atoms. The van der Waals surface area contributed by atoms with E-state index in [-0.39, 0.29) is 23.9 Å². The van der Waals surface area contributed by atoms with Crippen LogP contribution in [0.5, 0.6) is 5.88 Å². The van der Waals surface area contributed by atoms with Crippen molar-refractivity contribution in [3.63, 3.8) is 0 Å². The lowest BCUT2D eigenvalue weighted by Gasteiger charge is -2.35. The summed E-state index contributed by atoms with van der Waals surface area (Å²) in [6.45, 7) is 5.24. The van der Waals surface area contributed by atoms with Gasteiger partial charge < -0.3 is 25.2 Å². The molecule has 4 rings (SSSR count). The van der Waals surface area contributed by atoms with Crippen LogP contribution in [-0.4, -0.2) is 65.7 Å². The molecule has 1 aromatic carbocycles. The van der Waals surface area contributed by atoms with Crippen molar-refractivity contribution in [3.05, 3.63) is 52.1 Å². The van der Waals surface area contributed by atoms with Gasteiger partial charge in [0.2, 0.25) is 5.88 Å². The molecule has 1 aliphatic carbocycles. The summed E-state index contributed by atoms with van der Waals surface area (Å²) in [7, 11) is 0. The highest BCUT2D eigenvalue weighted by Gasteiger charge is 2.38. The van der Waals surface area contributed by atoms with Gasteiger partial charge in [0.05, 0.1) is 4.92 Å². The maximum atomic E-state index is 13.3. The van der Waals surface area contributed by atoms with E-state index in [0.717, 1.165) is 24.4 Å². The first-order chi connectivity index (χ1) is 18.6. The van der Waals surface area contributed by atoms with Crippen LogP contribution in [0, 0.1) is 10.1 Å². The Labute approximate surface area is 224 Å². The molecule has 1 aliphatic heterocycles. The molecule has 2 heterocycles. The smallest absolute Gasteiger partial charge is 0.423 e. The number of hydrogen-bond acceptors (Lipinski definition) is 7. The Morgan fingerprint density at radius 2 is 1.85 bits per heavy atom. The molecule has 2 fully saturated rings. The van der Waals surface area contributed by atoms with Gasteiger partial charge in [0.15, 0.2) is 0 Å². The SMILES string of the molecule is CCCNC(=O)N1CCN(c2cccc(O[C@H]3CC[C@H](Nc4ccc([N+](=O)[O-])c(C(F)(F)F)c4)CC3)n2)CC1. The predicted octanol–water partition coefficient (Wildman–Crippen LogP) is 5.05. The number of amides is 2. The molecule has 212 valence electrons. The van der Waals surface area contributed by atoms with Crippen LogP contribution in [0.3, 0.4) is 0 Å². The number of carbonyl (C=O) groups is 1. The van der Waals surface area contributed by atoms with E-state index in [1.807, 2.05) is 19.1 Å². The largest absolute Gasteiger partial charge is 0.474 e. The third-order valence-electron chi connectivity index (χ3n) is 6.96. The Balaban J connectivity index is 1.27. The number of nitrogens with one attached hydrogen (secondary N) is 2. The molecule has 2 aliphatic rings. The van der Waals surface area contributed by atoms with Crippen LogP contribution >= 0.6 is 0 Å². The van der Waals surface area contributed by atoms with Gasteiger partial charge in [0.25, 0.3) is 5.69 Å². The molecule has 10 nitrogen and oxygen atoms in total. The molecule has 13 heteroatoms. The summed E-state index contributed by atoms with van der Waals surface area (Å²) < 4.78 is 46.0. The van der Waals surface area contributed by atoms with Crippen LogP contribution < -0.4 is 20.3 Å². The second kappa shape index (κ2) is 12.4. The average Bonchev–Trinajstić information content (AvgIpc) is 2.92. The first-order valence-corrected chi connectivity index (χ1v) is 13.2. The Bertz CT molecular complexity index is 1150. The van der Waals surface area contributed by atoms with Crippen molar-refractivity contribution in [3.8, 4) is 5.88 Å². The number of hydrogen-bond donors (Lipinski definition) is 2. The molecule has 2 N–H and O–H groups in total. The van der Waals surface area contributed by atoms with Gasteiger partial charge in [-0.25, -0.2) is 4.79 Å². The summed E-state index contributed by atoms with van der Waals surface area (Å²) in [6, 6.07) is 8.49. The van der Waals surface area contributed by atoms with Crippen molar-refractivity contribution >= 4 is 23.2 Å². The Morgan fingerprint density at radius 3 is 2.49 bits per heavy atom. The Kier molecular flexibility index (Phi) is 8.97. The zero-order valence-electron chi connectivity index (χ0n) is 21.7. The number of pyridine rings is 1. The molecule has 1 aromatic heterocycles. The molecule has 2 amide bonds. The lowest BCUT2D eigenvalue weighted by atomic mass is 9.92. The van der Waals surface area contributed by atoms with E-state index < -0.39 is 22.4 Å². The van der Waals surface area contributed by atoms with Crippen LogP contribution in [0.2, 0.25) is 0 Å². The normalized spacial score (nSPS) is 19.9. The second-order valence-electron chi connectivity index (χ2n) is 9.76. The number of piperazine rings is 1. The second-order valence-corrected chi connectivity index (χ2v) is 9.76. The van der Waals surface area contributed by atoms with Gasteiger partial charge in [-0.05, 0) is 50.3 Å². The minimum Gasteiger partial charge on any atom is -0.474 e. The maximum absolute atomic E-state index is 13.3. The molecule has 0 radical (unpaired) electrons. The summed E-state index contributed by atoms with van der Waals surface area (Å²) in [6.07, 6.45) is -1.28. The zero-order chi connectivity index (χ0) is 28.0. The number of benzene rings is 1. The van der Waals surface area contributed by atoms with E-state index in [4.69, 9.17) is 4.74 Å². The van der Waals surface area contributed by atoms with Crippen LogP contribution in [0.25, 0.3) is 0 Å². The molecule has 0 spiro atoms. The van der Waals surface area contributed by atoms with E-state index >= 15 is 0 Å². The van der Waals surface area contributed by atoms with E-state index in [1.54, 1.807) is 11.0 Å². The summed E-state index contributed by atoms with van der Waals surface area (Å²) in [5, 5.41) is 17.0. The number of nitro groups is 1. The molecule has 1 saturated carbocycles. The number of halogens is 3. The number of urea groups is 1. The number of alkyl halides is 3. The molecular weight excluding hydrogens is 517 g/mol. The lowest BCUT2D eigenvalue weighted by Crippen LogP contribution is -2.52. The third kappa shape index (κ3) is 7.42. The van der Waals surface area contributed by atoms with Crippen LogP contribution in [0.1, 0.15) is 44.6 Å². The number of nitrogens with zero attached hydrogens (tertiary/aromatic N) is 4. The molecule has 0 atom stereocenters.